The number of nitrogens with zero attached hydrogens (tertiary/aromatic N) is 1. The Balaban J connectivity index is 1.38. The molecular formula is C31H23FINO4. The lowest BCUT2D eigenvalue weighted by Gasteiger charge is -2.15. The second kappa shape index (κ2) is 11.6. The summed E-state index contributed by atoms with van der Waals surface area (Å²) in [4.78, 5) is 17.1. The van der Waals surface area contributed by atoms with E-state index >= 15 is 0 Å². The van der Waals surface area contributed by atoms with Crippen LogP contribution >= 0.6 is 22.6 Å². The first-order valence-corrected chi connectivity index (χ1v) is 13.1. The summed E-state index contributed by atoms with van der Waals surface area (Å²) in [6, 6.07) is 27.7. The van der Waals surface area contributed by atoms with Gasteiger partial charge in [0.05, 0.1) is 10.2 Å². The molecule has 1 aliphatic heterocycles. The third-order valence-corrected chi connectivity index (χ3v) is 6.57. The van der Waals surface area contributed by atoms with E-state index in [0.29, 0.717) is 34.8 Å². The molecule has 0 fully saturated rings. The van der Waals surface area contributed by atoms with Crippen molar-refractivity contribution in [1.82, 2.24) is 0 Å². The lowest BCUT2D eigenvalue weighted by molar-refractivity contribution is -0.129. The van der Waals surface area contributed by atoms with Crippen LogP contribution in [-0.2, 0) is 16.1 Å². The zero-order valence-corrected chi connectivity index (χ0v) is 22.6. The Hall–Kier alpha value is -3.98. The van der Waals surface area contributed by atoms with E-state index in [0.717, 1.165) is 14.7 Å². The van der Waals surface area contributed by atoms with Gasteiger partial charge in [-0.15, -0.1) is 0 Å². The van der Waals surface area contributed by atoms with Crippen LogP contribution in [0.4, 0.5) is 4.39 Å². The summed E-state index contributed by atoms with van der Waals surface area (Å²) in [7, 11) is 0. The minimum atomic E-state index is -0.522. The molecule has 4 aromatic carbocycles. The molecular weight excluding hydrogens is 596 g/mol. The maximum Gasteiger partial charge on any atom is 0.363 e. The first-order valence-electron chi connectivity index (χ1n) is 12.0. The van der Waals surface area contributed by atoms with Crippen LogP contribution in [0.3, 0.4) is 0 Å². The van der Waals surface area contributed by atoms with Crippen LogP contribution in [0.2, 0.25) is 0 Å². The number of carbonyl (C=O) groups is 1. The highest BCUT2D eigenvalue weighted by atomic mass is 127. The second-order valence-corrected chi connectivity index (χ2v) is 9.62. The Labute approximate surface area is 233 Å². The molecule has 0 unspecified atom stereocenters. The van der Waals surface area contributed by atoms with Crippen molar-refractivity contribution in [3.8, 4) is 22.6 Å². The Morgan fingerprint density at radius 1 is 0.895 bits per heavy atom. The monoisotopic (exact) mass is 619 g/mol. The van der Waals surface area contributed by atoms with E-state index in [-0.39, 0.29) is 24.0 Å². The number of aliphatic imine (C=N–C) groups is 1. The molecule has 4 aromatic rings. The van der Waals surface area contributed by atoms with Crippen LogP contribution in [0.1, 0.15) is 23.6 Å². The smallest absolute Gasteiger partial charge is 0.363 e. The van der Waals surface area contributed by atoms with Crippen LogP contribution < -0.4 is 9.47 Å². The van der Waals surface area contributed by atoms with Gasteiger partial charge in [0, 0.05) is 5.56 Å². The van der Waals surface area contributed by atoms with Crippen LogP contribution in [0.25, 0.3) is 17.2 Å². The number of hydrogen-bond acceptors (Lipinski definition) is 5. The largest absolute Gasteiger partial charge is 0.490 e. The van der Waals surface area contributed by atoms with Gasteiger partial charge in [-0.3, -0.25) is 0 Å². The van der Waals surface area contributed by atoms with E-state index in [1.165, 1.54) is 12.1 Å². The third kappa shape index (κ3) is 5.94. The molecule has 0 amide bonds. The fraction of sp³-hybridized carbons (Fsp3) is 0.0968. The SMILES string of the molecule is CCOc1cc(/C=C2\N=C(c3ccc(-c4ccccc4)cc3)OC2=O)cc(I)c1OCc1cccc(F)c1. The Morgan fingerprint density at radius 2 is 1.63 bits per heavy atom. The van der Waals surface area contributed by atoms with E-state index in [1.54, 1.807) is 24.3 Å². The zero-order chi connectivity index (χ0) is 26.5. The van der Waals surface area contributed by atoms with Gasteiger partial charge in [-0.1, -0.05) is 54.6 Å². The highest BCUT2D eigenvalue weighted by Crippen LogP contribution is 2.36. The van der Waals surface area contributed by atoms with Crippen molar-refractivity contribution in [2.75, 3.05) is 6.61 Å². The molecule has 1 aliphatic rings. The molecule has 0 atom stereocenters. The zero-order valence-electron chi connectivity index (χ0n) is 20.5. The van der Waals surface area contributed by atoms with Gasteiger partial charge in [0.1, 0.15) is 12.4 Å². The van der Waals surface area contributed by atoms with Crippen molar-refractivity contribution in [3.63, 3.8) is 0 Å². The number of halogens is 2. The van der Waals surface area contributed by atoms with Crippen molar-refractivity contribution in [1.29, 1.82) is 0 Å². The lowest BCUT2D eigenvalue weighted by Crippen LogP contribution is -2.05. The number of benzene rings is 4. The minimum absolute atomic E-state index is 0.192. The van der Waals surface area contributed by atoms with Gasteiger partial charge in [0.15, 0.2) is 17.2 Å². The molecule has 5 nitrogen and oxygen atoms in total. The topological polar surface area (TPSA) is 57.1 Å². The second-order valence-electron chi connectivity index (χ2n) is 8.46. The van der Waals surface area contributed by atoms with Crippen LogP contribution in [0.15, 0.2) is 102 Å². The third-order valence-electron chi connectivity index (χ3n) is 5.77. The van der Waals surface area contributed by atoms with Gasteiger partial charge in [0.2, 0.25) is 5.90 Å². The van der Waals surface area contributed by atoms with Crippen molar-refractivity contribution >= 4 is 40.5 Å². The summed E-state index contributed by atoms with van der Waals surface area (Å²) in [5.74, 6) is 0.496. The van der Waals surface area contributed by atoms with Crippen LogP contribution in [0.5, 0.6) is 11.5 Å². The first-order chi connectivity index (χ1) is 18.5. The standard InChI is InChI=1S/C31H23FINO4/c1-2-36-28-18-21(16-26(33)29(28)37-19-20-7-6-10-25(32)15-20)17-27-31(35)38-30(34-27)24-13-11-23(12-14-24)22-8-4-3-5-9-22/h3-18H,2,19H2,1H3/b27-17-. The number of hydrogen-bond donors (Lipinski definition) is 0. The first kappa shape index (κ1) is 25.7. The van der Waals surface area contributed by atoms with Gasteiger partial charge in [-0.2, -0.15) is 0 Å². The Kier molecular flexibility index (Phi) is 7.83. The van der Waals surface area contributed by atoms with Crippen LogP contribution in [0, 0.1) is 9.39 Å². The highest BCUT2D eigenvalue weighted by molar-refractivity contribution is 14.1. The van der Waals surface area contributed by atoms with E-state index in [4.69, 9.17) is 14.2 Å². The van der Waals surface area contributed by atoms with Crippen molar-refractivity contribution < 1.29 is 23.4 Å². The molecule has 190 valence electrons. The average molecular weight is 619 g/mol. The van der Waals surface area contributed by atoms with E-state index in [9.17, 15) is 9.18 Å². The van der Waals surface area contributed by atoms with Gasteiger partial charge in [-0.05, 0) is 94.2 Å². The fourth-order valence-corrected chi connectivity index (χ4v) is 4.76. The van der Waals surface area contributed by atoms with Crippen molar-refractivity contribution in [2.24, 2.45) is 4.99 Å². The molecule has 0 radical (unpaired) electrons. The number of esters is 1. The van der Waals surface area contributed by atoms with Gasteiger partial charge >= 0.3 is 5.97 Å². The molecule has 0 aromatic heterocycles. The predicted molar refractivity (Wildman–Crippen MR) is 154 cm³/mol. The number of rotatable bonds is 8. The fourth-order valence-electron chi connectivity index (χ4n) is 3.98. The van der Waals surface area contributed by atoms with Gasteiger partial charge in [-0.25, -0.2) is 14.2 Å². The maximum absolute atomic E-state index is 13.5. The maximum atomic E-state index is 13.5. The molecule has 7 heteroatoms. The van der Waals surface area contributed by atoms with Gasteiger partial charge in [0.25, 0.3) is 0 Å². The summed E-state index contributed by atoms with van der Waals surface area (Å²) >= 11 is 2.15. The lowest BCUT2D eigenvalue weighted by atomic mass is 10.0. The summed E-state index contributed by atoms with van der Waals surface area (Å²) in [6.07, 6.45) is 1.66. The summed E-state index contributed by atoms with van der Waals surface area (Å²) in [5.41, 5.74) is 4.50. The molecule has 5 rings (SSSR count). The normalized spacial score (nSPS) is 13.8. The molecule has 38 heavy (non-hydrogen) atoms. The predicted octanol–water partition coefficient (Wildman–Crippen LogP) is 7.42. The summed E-state index contributed by atoms with van der Waals surface area (Å²) in [6.45, 7) is 2.50. The van der Waals surface area contributed by atoms with Gasteiger partial charge < -0.3 is 14.2 Å². The van der Waals surface area contributed by atoms with E-state index < -0.39 is 5.97 Å². The van der Waals surface area contributed by atoms with Crippen LogP contribution in [-0.4, -0.2) is 18.5 Å². The number of ether oxygens (including phenoxy) is 3. The molecule has 0 bridgehead atoms. The average Bonchev–Trinajstić information content (AvgIpc) is 3.29. The number of carbonyl (C=O) groups excluding carboxylic acids is 1. The number of cyclic esters (lactones) is 1. The Morgan fingerprint density at radius 3 is 2.37 bits per heavy atom. The molecule has 0 spiro atoms. The summed E-state index contributed by atoms with van der Waals surface area (Å²) < 4.78 is 31.6. The van der Waals surface area contributed by atoms with Crippen molar-refractivity contribution in [2.45, 2.75) is 13.5 Å². The molecule has 0 saturated carbocycles. The van der Waals surface area contributed by atoms with E-state index in [2.05, 4.69) is 27.6 Å². The summed E-state index contributed by atoms with van der Waals surface area (Å²) in [5, 5.41) is 0. The quantitative estimate of drug-likeness (QED) is 0.117. The highest BCUT2D eigenvalue weighted by Gasteiger charge is 2.24. The van der Waals surface area contributed by atoms with Crippen molar-refractivity contribution in [3.05, 3.63) is 123 Å². The molecule has 1 heterocycles. The van der Waals surface area contributed by atoms with E-state index in [1.807, 2.05) is 67.6 Å². The molecule has 0 saturated heterocycles. The molecule has 0 N–H and O–H groups in total. The molecule has 0 aliphatic carbocycles. The minimum Gasteiger partial charge on any atom is -0.490 e. The Bertz CT molecular complexity index is 1530.